The van der Waals surface area contributed by atoms with Crippen molar-refractivity contribution < 1.29 is 14.1 Å². The molecule has 0 bridgehead atoms. The number of hydrogen-bond acceptors (Lipinski definition) is 5. The predicted molar refractivity (Wildman–Crippen MR) is 100 cm³/mol. The fourth-order valence-electron chi connectivity index (χ4n) is 3.25. The van der Waals surface area contributed by atoms with Gasteiger partial charge in [-0.3, -0.25) is 4.79 Å². The second-order valence-electron chi connectivity index (χ2n) is 6.39. The summed E-state index contributed by atoms with van der Waals surface area (Å²) >= 11 is 6.06. The average Bonchev–Trinajstić information content (AvgIpc) is 3.30. The number of hydrogen-bond donors (Lipinski definition) is 0. The molecule has 1 saturated heterocycles. The number of benzene rings is 2. The molecule has 138 valence electrons. The topological polar surface area (TPSA) is 68.5 Å². The molecule has 2 aromatic carbocycles. The molecule has 1 atom stereocenters. The Morgan fingerprint density at radius 2 is 2.07 bits per heavy atom. The van der Waals surface area contributed by atoms with E-state index in [-0.39, 0.29) is 11.9 Å². The number of amides is 1. The van der Waals surface area contributed by atoms with E-state index in [0.717, 1.165) is 16.9 Å². The molecule has 0 radical (unpaired) electrons. The number of halogens is 1. The Morgan fingerprint density at radius 3 is 2.81 bits per heavy atom. The van der Waals surface area contributed by atoms with Gasteiger partial charge >= 0.3 is 0 Å². The molecule has 0 spiro atoms. The second-order valence-corrected chi connectivity index (χ2v) is 6.83. The van der Waals surface area contributed by atoms with Gasteiger partial charge in [-0.15, -0.1) is 0 Å². The van der Waals surface area contributed by atoms with Crippen molar-refractivity contribution in [3.8, 4) is 17.1 Å². The van der Waals surface area contributed by atoms with E-state index in [1.165, 1.54) is 0 Å². The minimum atomic E-state index is -0.226. The normalized spacial score (nSPS) is 16.7. The van der Waals surface area contributed by atoms with E-state index >= 15 is 0 Å². The molecule has 1 aliphatic heterocycles. The summed E-state index contributed by atoms with van der Waals surface area (Å²) < 4.78 is 10.7. The van der Waals surface area contributed by atoms with Crippen LogP contribution in [0.4, 0.5) is 0 Å². The third-order valence-corrected chi connectivity index (χ3v) is 4.88. The van der Waals surface area contributed by atoms with Gasteiger partial charge in [0, 0.05) is 23.6 Å². The Balaban J connectivity index is 1.56. The average molecular weight is 384 g/mol. The lowest BCUT2D eigenvalue weighted by Gasteiger charge is -2.22. The predicted octanol–water partition coefficient (Wildman–Crippen LogP) is 4.26. The molecule has 7 heteroatoms. The van der Waals surface area contributed by atoms with Crippen molar-refractivity contribution in [1.29, 1.82) is 0 Å². The number of carbonyl (C=O) groups is 1. The molecule has 27 heavy (non-hydrogen) atoms. The van der Waals surface area contributed by atoms with Gasteiger partial charge in [0.05, 0.1) is 7.11 Å². The second kappa shape index (κ2) is 7.40. The van der Waals surface area contributed by atoms with Gasteiger partial charge in [-0.25, -0.2) is 0 Å². The van der Waals surface area contributed by atoms with Crippen LogP contribution in [-0.2, 0) is 11.3 Å². The van der Waals surface area contributed by atoms with Gasteiger partial charge in [0.25, 0.3) is 0 Å². The molecule has 1 amide bonds. The van der Waals surface area contributed by atoms with Crippen LogP contribution < -0.4 is 4.74 Å². The van der Waals surface area contributed by atoms with Crippen molar-refractivity contribution in [1.82, 2.24) is 15.0 Å². The van der Waals surface area contributed by atoms with Crippen LogP contribution in [-0.4, -0.2) is 28.1 Å². The molecule has 1 aromatic heterocycles. The fourth-order valence-corrected chi connectivity index (χ4v) is 3.46. The van der Waals surface area contributed by atoms with E-state index in [9.17, 15) is 4.79 Å². The zero-order valence-electron chi connectivity index (χ0n) is 14.8. The van der Waals surface area contributed by atoms with Gasteiger partial charge in [0.15, 0.2) is 0 Å². The van der Waals surface area contributed by atoms with Crippen molar-refractivity contribution in [2.75, 3.05) is 7.11 Å². The standard InChI is InChI=1S/C20H18ClN3O3/c1-26-16-7-5-14(6-8-16)19-22-20(27-23-19)17-9-10-18(25)24(17)12-13-3-2-4-15(21)11-13/h2-8,11,17H,9-10,12H2,1H3. The number of rotatable bonds is 5. The minimum Gasteiger partial charge on any atom is -0.497 e. The number of methoxy groups -OCH3 is 1. The molecular formula is C20H18ClN3O3. The van der Waals surface area contributed by atoms with Crippen molar-refractivity contribution in [2.24, 2.45) is 0 Å². The van der Waals surface area contributed by atoms with E-state index in [2.05, 4.69) is 10.1 Å². The SMILES string of the molecule is COc1ccc(-c2noc(C3CCC(=O)N3Cc3cccc(Cl)c3)n2)cc1. The van der Waals surface area contributed by atoms with Gasteiger partial charge in [0.2, 0.25) is 17.6 Å². The number of ether oxygens (including phenoxy) is 1. The molecule has 0 aliphatic carbocycles. The number of carbonyl (C=O) groups excluding carboxylic acids is 1. The van der Waals surface area contributed by atoms with Crippen LogP contribution >= 0.6 is 11.6 Å². The highest BCUT2D eigenvalue weighted by Gasteiger charge is 2.36. The summed E-state index contributed by atoms with van der Waals surface area (Å²) in [5, 5.41) is 4.73. The molecule has 4 rings (SSSR count). The highest BCUT2D eigenvalue weighted by Crippen LogP contribution is 2.34. The maximum Gasteiger partial charge on any atom is 0.249 e. The number of aromatic nitrogens is 2. The highest BCUT2D eigenvalue weighted by molar-refractivity contribution is 6.30. The van der Waals surface area contributed by atoms with Crippen LogP contribution in [0.25, 0.3) is 11.4 Å². The molecule has 0 N–H and O–H groups in total. The first-order chi connectivity index (χ1) is 13.1. The Morgan fingerprint density at radius 1 is 1.26 bits per heavy atom. The van der Waals surface area contributed by atoms with Crippen molar-refractivity contribution >= 4 is 17.5 Å². The monoisotopic (exact) mass is 383 g/mol. The summed E-state index contributed by atoms with van der Waals surface area (Å²) in [5.74, 6) is 1.78. The van der Waals surface area contributed by atoms with Crippen molar-refractivity contribution in [2.45, 2.75) is 25.4 Å². The quantitative estimate of drug-likeness (QED) is 0.658. The summed E-state index contributed by atoms with van der Waals surface area (Å²) in [6.07, 6.45) is 1.12. The summed E-state index contributed by atoms with van der Waals surface area (Å²) in [5.41, 5.74) is 1.80. The van der Waals surface area contributed by atoms with Crippen LogP contribution in [0.3, 0.4) is 0 Å². The summed E-state index contributed by atoms with van der Waals surface area (Å²) in [6.45, 7) is 0.463. The molecule has 1 fully saturated rings. The van der Waals surface area contributed by atoms with Gasteiger partial charge in [-0.05, 0) is 48.4 Å². The molecule has 6 nitrogen and oxygen atoms in total. The van der Waals surface area contributed by atoms with Gasteiger partial charge < -0.3 is 14.2 Å². The lowest BCUT2D eigenvalue weighted by Crippen LogP contribution is -2.27. The van der Waals surface area contributed by atoms with E-state index in [1.807, 2.05) is 48.5 Å². The number of likely N-dealkylation sites (tertiary alicyclic amines) is 1. The maximum atomic E-state index is 12.4. The van der Waals surface area contributed by atoms with Gasteiger partial charge in [0.1, 0.15) is 11.8 Å². The van der Waals surface area contributed by atoms with Crippen LogP contribution in [0.5, 0.6) is 5.75 Å². The third kappa shape index (κ3) is 3.66. The molecule has 3 aromatic rings. The molecular weight excluding hydrogens is 366 g/mol. The number of nitrogens with zero attached hydrogens (tertiary/aromatic N) is 3. The van der Waals surface area contributed by atoms with E-state index in [4.69, 9.17) is 20.9 Å². The minimum absolute atomic E-state index is 0.0733. The third-order valence-electron chi connectivity index (χ3n) is 4.65. The fraction of sp³-hybridized carbons (Fsp3) is 0.250. The zero-order valence-corrected chi connectivity index (χ0v) is 15.5. The van der Waals surface area contributed by atoms with E-state index < -0.39 is 0 Å². The molecule has 1 unspecified atom stereocenters. The first kappa shape index (κ1) is 17.5. The maximum absolute atomic E-state index is 12.4. The zero-order chi connectivity index (χ0) is 18.8. The largest absolute Gasteiger partial charge is 0.497 e. The first-order valence-electron chi connectivity index (χ1n) is 8.66. The van der Waals surface area contributed by atoms with E-state index in [0.29, 0.717) is 36.1 Å². The summed E-state index contributed by atoms with van der Waals surface area (Å²) in [7, 11) is 1.62. The Bertz CT molecular complexity index is 955. The summed E-state index contributed by atoms with van der Waals surface area (Å²) in [6, 6.07) is 14.7. The molecule has 0 saturated carbocycles. The first-order valence-corrected chi connectivity index (χ1v) is 9.04. The van der Waals surface area contributed by atoms with Crippen molar-refractivity contribution in [3.63, 3.8) is 0 Å². The van der Waals surface area contributed by atoms with Gasteiger partial charge in [-0.2, -0.15) is 4.98 Å². The van der Waals surface area contributed by atoms with Gasteiger partial charge in [-0.1, -0.05) is 28.9 Å². The smallest absolute Gasteiger partial charge is 0.249 e. The highest BCUT2D eigenvalue weighted by atomic mass is 35.5. The lowest BCUT2D eigenvalue weighted by molar-refractivity contribution is -0.129. The summed E-state index contributed by atoms with van der Waals surface area (Å²) in [4.78, 5) is 18.7. The van der Waals surface area contributed by atoms with Crippen LogP contribution in [0, 0.1) is 0 Å². The van der Waals surface area contributed by atoms with Crippen LogP contribution in [0.2, 0.25) is 5.02 Å². The lowest BCUT2D eigenvalue weighted by atomic mass is 10.1. The Labute approximate surface area is 161 Å². The molecule has 1 aliphatic rings. The van der Waals surface area contributed by atoms with E-state index in [1.54, 1.807) is 12.0 Å². The van der Waals surface area contributed by atoms with Crippen LogP contribution in [0.1, 0.15) is 30.3 Å². The van der Waals surface area contributed by atoms with Crippen molar-refractivity contribution in [3.05, 3.63) is 65.0 Å². The molecule has 2 heterocycles. The van der Waals surface area contributed by atoms with Crippen LogP contribution in [0.15, 0.2) is 53.1 Å². The Kier molecular flexibility index (Phi) is 4.81. The Hall–Kier alpha value is -2.86.